The molecule has 0 aliphatic rings. The summed E-state index contributed by atoms with van der Waals surface area (Å²) in [5.41, 5.74) is 0.284. The molecule has 2 rings (SSSR count). The maximum atomic E-state index is 13.4. The molecule has 0 fully saturated rings. The van der Waals surface area contributed by atoms with E-state index in [0.717, 1.165) is 12.1 Å². The number of anilines is 1. The molecule has 0 saturated carbocycles. The third kappa shape index (κ3) is 4.24. The van der Waals surface area contributed by atoms with Crippen molar-refractivity contribution in [3.05, 3.63) is 65.2 Å². The summed E-state index contributed by atoms with van der Waals surface area (Å²) in [5, 5.41) is 2.16. The van der Waals surface area contributed by atoms with Crippen LogP contribution in [-0.4, -0.2) is 11.7 Å². The van der Waals surface area contributed by atoms with Gasteiger partial charge in [0.15, 0.2) is 17.5 Å². The van der Waals surface area contributed by atoms with Crippen molar-refractivity contribution in [3.63, 3.8) is 0 Å². The number of hydrogen-bond acceptors (Lipinski definition) is 2. The Morgan fingerprint density at radius 3 is 2.55 bits per heavy atom. The van der Waals surface area contributed by atoms with Crippen molar-refractivity contribution in [2.75, 3.05) is 11.1 Å². The van der Waals surface area contributed by atoms with Gasteiger partial charge in [-0.05, 0) is 29.8 Å². The molecule has 0 aromatic heterocycles. The molecule has 0 aliphatic carbocycles. The van der Waals surface area contributed by atoms with E-state index in [2.05, 4.69) is 5.32 Å². The summed E-state index contributed by atoms with van der Waals surface area (Å²) in [5.74, 6) is -4.97. The first-order valence-corrected chi connectivity index (χ1v) is 7.38. The summed E-state index contributed by atoms with van der Waals surface area (Å²) in [7, 11) is 0. The molecule has 1 amide bonds. The minimum atomic E-state index is -1.63. The Morgan fingerprint density at radius 2 is 1.82 bits per heavy atom. The fraction of sp³-hybridized carbons (Fsp3) is 0.133. The van der Waals surface area contributed by atoms with Crippen LogP contribution in [0.3, 0.4) is 0 Å². The van der Waals surface area contributed by atoms with Crippen LogP contribution >= 0.6 is 11.8 Å². The number of halogens is 4. The molecule has 2 aromatic rings. The van der Waals surface area contributed by atoms with Crippen LogP contribution in [0.2, 0.25) is 0 Å². The lowest BCUT2D eigenvalue weighted by Gasteiger charge is -2.07. The number of nitrogens with one attached hydrogen (secondary N) is 1. The van der Waals surface area contributed by atoms with Gasteiger partial charge in [-0.2, -0.15) is 0 Å². The summed E-state index contributed by atoms with van der Waals surface area (Å²) >= 11 is 1.19. The number of thioether (sulfide) groups is 1. The van der Waals surface area contributed by atoms with Crippen molar-refractivity contribution in [1.82, 2.24) is 0 Å². The van der Waals surface area contributed by atoms with Gasteiger partial charge in [-0.25, -0.2) is 17.6 Å². The van der Waals surface area contributed by atoms with Crippen LogP contribution in [0, 0.1) is 23.3 Å². The summed E-state index contributed by atoms with van der Waals surface area (Å²) in [4.78, 5) is 11.6. The van der Waals surface area contributed by atoms with E-state index in [-0.39, 0.29) is 11.6 Å². The number of rotatable bonds is 5. The fourth-order valence-electron chi connectivity index (χ4n) is 1.70. The Balaban J connectivity index is 1.87. The van der Waals surface area contributed by atoms with Crippen molar-refractivity contribution in [2.24, 2.45) is 0 Å². The van der Waals surface area contributed by atoms with Gasteiger partial charge in [-0.15, -0.1) is 11.8 Å². The molecule has 0 spiro atoms. The van der Waals surface area contributed by atoms with Crippen molar-refractivity contribution < 1.29 is 22.4 Å². The Kier molecular flexibility index (Phi) is 5.43. The SMILES string of the molecule is O=C(CSCc1cccc(F)c1)Nc1ccc(F)c(F)c1F. The zero-order valence-corrected chi connectivity index (χ0v) is 12.0. The lowest BCUT2D eigenvalue weighted by atomic mass is 10.2. The van der Waals surface area contributed by atoms with E-state index < -0.39 is 29.0 Å². The van der Waals surface area contributed by atoms with Gasteiger partial charge in [0.1, 0.15) is 5.82 Å². The highest BCUT2D eigenvalue weighted by Crippen LogP contribution is 2.20. The van der Waals surface area contributed by atoms with Crippen molar-refractivity contribution in [3.8, 4) is 0 Å². The average molecular weight is 329 g/mol. The molecule has 0 saturated heterocycles. The zero-order valence-electron chi connectivity index (χ0n) is 11.2. The Hall–Kier alpha value is -2.02. The molecule has 0 bridgehead atoms. The summed E-state index contributed by atoms with van der Waals surface area (Å²) in [6.07, 6.45) is 0. The van der Waals surface area contributed by atoms with Crippen LogP contribution in [0.4, 0.5) is 23.2 Å². The molecule has 0 radical (unpaired) electrons. The van der Waals surface area contributed by atoms with Gasteiger partial charge in [-0.3, -0.25) is 4.79 Å². The van der Waals surface area contributed by atoms with Gasteiger partial charge in [0.2, 0.25) is 5.91 Å². The van der Waals surface area contributed by atoms with Crippen LogP contribution < -0.4 is 5.32 Å². The Labute approximate surface area is 128 Å². The number of carbonyl (C=O) groups excluding carboxylic acids is 1. The molecule has 0 unspecified atom stereocenters. The van der Waals surface area contributed by atoms with Gasteiger partial charge < -0.3 is 5.32 Å². The molecule has 0 atom stereocenters. The van der Waals surface area contributed by atoms with Crippen LogP contribution in [0.1, 0.15) is 5.56 Å². The van der Waals surface area contributed by atoms with Crippen LogP contribution in [0.15, 0.2) is 36.4 Å². The smallest absolute Gasteiger partial charge is 0.234 e. The first kappa shape index (κ1) is 16.4. The standard InChI is InChI=1S/C15H11F4NOS/c16-10-3-1-2-9(6-10)7-22-8-13(21)20-12-5-4-11(17)14(18)15(12)19/h1-6H,7-8H2,(H,20,21). The first-order chi connectivity index (χ1) is 10.5. The number of benzene rings is 2. The average Bonchev–Trinajstić information content (AvgIpc) is 2.48. The van der Waals surface area contributed by atoms with E-state index in [9.17, 15) is 22.4 Å². The Morgan fingerprint density at radius 1 is 1.05 bits per heavy atom. The third-order valence-corrected chi connectivity index (χ3v) is 3.70. The van der Waals surface area contributed by atoms with E-state index in [0.29, 0.717) is 11.3 Å². The lowest BCUT2D eigenvalue weighted by molar-refractivity contribution is -0.113. The van der Waals surface area contributed by atoms with Crippen molar-refractivity contribution in [2.45, 2.75) is 5.75 Å². The number of carbonyl (C=O) groups is 1. The molecular formula is C15H11F4NOS. The van der Waals surface area contributed by atoms with Gasteiger partial charge in [0, 0.05) is 5.75 Å². The van der Waals surface area contributed by atoms with Crippen molar-refractivity contribution >= 4 is 23.4 Å². The molecular weight excluding hydrogens is 318 g/mol. The zero-order chi connectivity index (χ0) is 16.1. The normalized spacial score (nSPS) is 10.5. The molecule has 22 heavy (non-hydrogen) atoms. The molecule has 2 nitrogen and oxygen atoms in total. The lowest BCUT2D eigenvalue weighted by Crippen LogP contribution is -2.16. The minimum Gasteiger partial charge on any atom is -0.323 e. The van der Waals surface area contributed by atoms with E-state index in [1.165, 1.54) is 23.9 Å². The molecule has 1 N–H and O–H groups in total. The van der Waals surface area contributed by atoms with Crippen molar-refractivity contribution in [1.29, 1.82) is 0 Å². The second-order valence-electron chi connectivity index (χ2n) is 4.39. The summed E-state index contributed by atoms with van der Waals surface area (Å²) < 4.78 is 52.1. The predicted octanol–water partition coefficient (Wildman–Crippen LogP) is 4.11. The monoisotopic (exact) mass is 329 g/mol. The highest BCUT2D eigenvalue weighted by Gasteiger charge is 2.15. The second kappa shape index (κ2) is 7.31. The highest BCUT2D eigenvalue weighted by molar-refractivity contribution is 7.99. The Bertz CT molecular complexity index is 693. The molecule has 0 aliphatic heterocycles. The maximum absolute atomic E-state index is 13.4. The topological polar surface area (TPSA) is 29.1 Å². The number of hydrogen-bond donors (Lipinski definition) is 1. The van der Waals surface area contributed by atoms with E-state index in [4.69, 9.17) is 0 Å². The summed E-state index contributed by atoms with van der Waals surface area (Å²) in [6, 6.07) is 7.61. The van der Waals surface area contributed by atoms with Crippen LogP contribution in [0.25, 0.3) is 0 Å². The first-order valence-electron chi connectivity index (χ1n) is 6.23. The third-order valence-electron chi connectivity index (χ3n) is 2.70. The van der Waals surface area contributed by atoms with Gasteiger partial charge >= 0.3 is 0 Å². The van der Waals surface area contributed by atoms with E-state index >= 15 is 0 Å². The largest absolute Gasteiger partial charge is 0.323 e. The van der Waals surface area contributed by atoms with Crippen LogP contribution in [-0.2, 0) is 10.5 Å². The molecule has 0 heterocycles. The quantitative estimate of drug-likeness (QED) is 0.660. The van der Waals surface area contributed by atoms with Gasteiger partial charge in [0.05, 0.1) is 11.4 Å². The highest BCUT2D eigenvalue weighted by atomic mass is 32.2. The van der Waals surface area contributed by atoms with Gasteiger partial charge in [-0.1, -0.05) is 12.1 Å². The van der Waals surface area contributed by atoms with Crippen LogP contribution in [0.5, 0.6) is 0 Å². The minimum absolute atomic E-state index is 0.0328. The second-order valence-corrected chi connectivity index (χ2v) is 5.38. The fourth-order valence-corrected chi connectivity index (χ4v) is 2.47. The number of amides is 1. The molecule has 7 heteroatoms. The maximum Gasteiger partial charge on any atom is 0.234 e. The molecule has 2 aromatic carbocycles. The predicted molar refractivity (Wildman–Crippen MR) is 77.5 cm³/mol. The molecule has 116 valence electrons. The van der Waals surface area contributed by atoms with E-state index in [1.807, 2.05) is 0 Å². The summed E-state index contributed by atoms with van der Waals surface area (Å²) in [6.45, 7) is 0. The van der Waals surface area contributed by atoms with Gasteiger partial charge in [0.25, 0.3) is 0 Å². The van der Waals surface area contributed by atoms with E-state index in [1.54, 1.807) is 12.1 Å².